The lowest BCUT2D eigenvalue weighted by Gasteiger charge is -2.18. The topological polar surface area (TPSA) is 68.3 Å². The highest BCUT2D eigenvalue weighted by Crippen LogP contribution is 2.43. The fraction of sp³-hybridized carbons (Fsp3) is 0.235. The summed E-state index contributed by atoms with van der Waals surface area (Å²) in [5.41, 5.74) is 7.58. The Hall–Kier alpha value is -2.67. The van der Waals surface area contributed by atoms with Crippen LogP contribution < -0.4 is 15.2 Å². The van der Waals surface area contributed by atoms with Crippen molar-refractivity contribution >= 4 is 5.69 Å². The lowest BCUT2D eigenvalue weighted by molar-refractivity contribution is 0.135. The SMILES string of the molecule is CC1(C)Cc2cccc(Oc3ccc(C#N)c(N)c3)c2O1. The van der Waals surface area contributed by atoms with E-state index in [1.165, 1.54) is 0 Å². The van der Waals surface area contributed by atoms with E-state index >= 15 is 0 Å². The first-order valence-corrected chi connectivity index (χ1v) is 6.77. The Kier molecular flexibility index (Phi) is 2.99. The summed E-state index contributed by atoms with van der Waals surface area (Å²) in [6, 6.07) is 12.9. The van der Waals surface area contributed by atoms with E-state index < -0.39 is 0 Å². The number of nitrogen functional groups attached to an aromatic ring is 1. The van der Waals surface area contributed by atoms with Crippen LogP contribution in [0.4, 0.5) is 5.69 Å². The van der Waals surface area contributed by atoms with Crippen LogP contribution in [0.15, 0.2) is 36.4 Å². The van der Waals surface area contributed by atoms with E-state index in [0.29, 0.717) is 22.7 Å². The second kappa shape index (κ2) is 4.71. The third-order valence-electron chi connectivity index (χ3n) is 3.43. The molecule has 2 aromatic rings. The van der Waals surface area contributed by atoms with Crippen molar-refractivity contribution in [3.05, 3.63) is 47.5 Å². The molecule has 1 heterocycles. The van der Waals surface area contributed by atoms with Crippen LogP contribution in [0.5, 0.6) is 17.2 Å². The Morgan fingerprint density at radius 2 is 2.10 bits per heavy atom. The molecular formula is C17H16N2O2. The number of rotatable bonds is 2. The van der Waals surface area contributed by atoms with Gasteiger partial charge < -0.3 is 15.2 Å². The smallest absolute Gasteiger partial charge is 0.169 e. The van der Waals surface area contributed by atoms with Gasteiger partial charge in [-0.1, -0.05) is 12.1 Å². The summed E-state index contributed by atoms with van der Waals surface area (Å²) >= 11 is 0. The third kappa shape index (κ3) is 2.50. The summed E-state index contributed by atoms with van der Waals surface area (Å²) in [6.45, 7) is 4.10. The molecule has 0 aromatic heterocycles. The Labute approximate surface area is 123 Å². The first-order valence-electron chi connectivity index (χ1n) is 6.77. The number of hydrogen-bond donors (Lipinski definition) is 1. The molecule has 21 heavy (non-hydrogen) atoms. The lowest BCUT2D eigenvalue weighted by Crippen LogP contribution is -2.24. The summed E-state index contributed by atoms with van der Waals surface area (Å²) in [7, 11) is 0. The quantitative estimate of drug-likeness (QED) is 0.853. The monoisotopic (exact) mass is 280 g/mol. The van der Waals surface area contributed by atoms with Crippen LogP contribution in [0.3, 0.4) is 0 Å². The molecule has 0 atom stereocenters. The molecule has 0 spiro atoms. The first-order chi connectivity index (χ1) is 9.98. The number of nitriles is 1. The van der Waals surface area contributed by atoms with Crippen LogP contribution in [-0.2, 0) is 6.42 Å². The normalized spacial score (nSPS) is 14.9. The van der Waals surface area contributed by atoms with E-state index in [9.17, 15) is 0 Å². The molecule has 2 aromatic carbocycles. The molecule has 0 amide bonds. The zero-order valence-electron chi connectivity index (χ0n) is 12.0. The van der Waals surface area contributed by atoms with Crippen molar-refractivity contribution < 1.29 is 9.47 Å². The molecule has 4 nitrogen and oxygen atoms in total. The van der Waals surface area contributed by atoms with Crippen LogP contribution in [0, 0.1) is 11.3 Å². The van der Waals surface area contributed by atoms with Gasteiger partial charge >= 0.3 is 0 Å². The highest BCUT2D eigenvalue weighted by atomic mass is 16.5. The number of nitrogens with two attached hydrogens (primary N) is 1. The van der Waals surface area contributed by atoms with Crippen molar-refractivity contribution in [1.29, 1.82) is 5.26 Å². The van der Waals surface area contributed by atoms with Crippen LogP contribution in [0.1, 0.15) is 25.0 Å². The van der Waals surface area contributed by atoms with Crippen LogP contribution in [0.2, 0.25) is 0 Å². The Morgan fingerprint density at radius 1 is 1.29 bits per heavy atom. The minimum atomic E-state index is -0.217. The summed E-state index contributed by atoms with van der Waals surface area (Å²) in [5, 5.41) is 8.89. The maximum absolute atomic E-state index is 8.89. The number of anilines is 1. The molecular weight excluding hydrogens is 264 g/mol. The maximum atomic E-state index is 8.89. The second-order valence-corrected chi connectivity index (χ2v) is 5.75. The third-order valence-corrected chi connectivity index (χ3v) is 3.43. The number of hydrogen-bond acceptors (Lipinski definition) is 4. The summed E-state index contributed by atoms with van der Waals surface area (Å²) in [4.78, 5) is 0. The van der Waals surface area contributed by atoms with E-state index in [-0.39, 0.29) is 5.60 Å². The molecule has 2 N–H and O–H groups in total. The van der Waals surface area contributed by atoms with Gasteiger partial charge in [0.25, 0.3) is 0 Å². The van der Waals surface area contributed by atoms with Crippen molar-refractivity contribution in [2.45, 2.75) is 25.9 Å². The molecule has 0 fully saturated rings. The van der Waals surface area contributed by atoms with E-state index in [4.69, 9.17) is 20.5 Å². The fourth-order valence-electron chi connectivity index (χ4n) is 2.50. The zero-order chi connectivity index (χ0) is 15.0. The van der Waals surface area contributed by atoms with Gasteiger partial charge in [0.2, 0.25) is 0 Å². The second-order valence-electron chi connectivity index (χ2n) is 5.75. The zero-order valence-corrected chi connectivity index (χ0v) is 12.0. The van der Waals surface area contributed by atoms with Crippen LogP contribution in [0.25, 0.3) is 0 Å². The highest BCUT2D eigenvalue weighted by molar-refractivity contribution is 5.58. The lowest BCUT2D eigenvalue weighted by atomic mass is 10.0. The summed E-state index contributed by atoms with van der Waals surface area (Å²) < 4.78 is 11.8. The van der Waals surface area contributed by atoms with Crippen molar-refractivity contribution in [3.8, 4) is 23.3 Å². The highest BCUT2D eigenvalue weighted by Gasteiger charge is 2.32. The van der Waals surface area contributed by atoms with E-state index in [1.807, 2.05) is 24.3 Å². The van der Waals surface area contributed by atoms with Gasteiger partial charge in [-0.15, -0.1) is 0 Å². The maximum Gasteiger partial charge on any atom is 0.169 e. The molecule has 1 aliphatic heterocycles. The molecule has 1 aliphatic rings. The summed E-state index contributed by atoms with van der Waals surface area (Å²) in [6.07, 6.45) is 0.856. The fourth-order valence-corrected chi connectivity index (χ4v) is 2.50. The average molecular weight is 280 g/mol. The van der Waals surface area contributed by atoms with Gasteiger partial charge in [-0.2, -0.15) is 5.26 Å². The summed E-state index contributed by atoms with van der Waals surface area (Å²) in [5.74, 6) is 2.04. The van der Waals surface area contributed by atoms with Gasteiger partial charge in [-0.05, 0) is 32.0 Å². The molecule has 0 bridgehead atoms. The number of fused-ring (bicyclic) bond motifs is 1. The van der Waals surface area contributed by atoms with Gasteiger partial charge in [0.15, 0.2) is 11.5 Å². The average Bonchev–Trinajstić information content (AvgIpc) is 2.74. The van der Waals surface area contributed by atoms with Crippen molar-refractivity contribution in [2.24, 2.45) is 0 Å². The molecule has 106 valence electrons. The Bertz CT molecular complexity index is 745. The predicted octanol–water partition coefficient (Wildman–Crippen LogP) is 3.65. The van der Waals surface area contributed by atoms with Gasteiger partial charge in [0.1, 0.15) is 17.4 Å². The van der Waals surface area contributed by atoms with Crippen molar-refractivity contribution in [3.63, 3.8) is 0 Å². The van der Waals surface area contributed by atoms with Crippen molar-refractivity contribution in [2.75, 3.05) is 5.73 Å². The molecule has 0 radical (unpaired) electrons. The Morgan fingerprint density at radius 3 is 2.81 bits per heavy atom. The molecule has 0 aliphatic carbocycles. The number of para-hydroxylation sites is 1. The van der Waals surface area contributed by atoms with Gasteiger partial charge in [0.05, 0.1) is 11.3 Å². The molecule has 0 unspecified atom stereocenters. The standard InChI is InChI=1S/C17H16N2O2/c1-17(2)9-11-4-3-5-15(16(11)21-17)20-13-7-6-12(10-18)14(19)8-13/h3-8H,9,19H2,1-2H3. The number of nitrogens with zero attached hydrogens (tertiary/aromatic N) is 1. The minimum absolute atomic E-state index is 0.217. The number of benzene rings is 2. The first kappa shape index (κ1) is 13.3. The number of ether oxygens (including phenoxy) is 2. The Balaban J connectivity index is 1.93. The van der Waals surface area contributed by atoms with Crippen molar-refractivity contribution in [1.82, 2.24) is 0 Å². The van der Waals surface area contributed by atoms with E-state index in [0.717, 1.165) is 17.7 Å². The molecule has 4 heteroatoms. The predicted molar refractivity (Wildman–Crippen MR) is 80.5 cm³/mol. The molecule has 3 rings (SSSR count). The van der Waals surface area contributed by atoms with Gasteiger partial charge in [-0.3, -0.25) is 0 Å². The van der Waals surface area contributed by atoms with E-state index in [2.05, 4.69) is 13.8 Å². The van der Waals surface area contributed by atoms with Crippen LogP contribution >= 0.6 is 0 Å². The van der Waals surface area contributed by atoms with E-state index in [1.54, 1.807) is 18.2 Å². The minimum Gasteiger partial charge on any atom is -0.483 e. The molecule has 0 saturated heterocycles. The molecule has 0 saturated carbocycles. The van der Waals surface area contributed by atoms with Gasteiger partial charge in [0, 0.05) is 18.1 Å². The van der Waals surface area contributed by atoms with Crippen LogP contribution in [-0.4, -0.2) is 5.60 Å². The largest absolute Gasteiger partial charge is 0.483 e. The van der Waals surface area contributed by atoms with Gasteiger partial charge in [-0.25, -0.2) is 0 Å².